The van der Waals surface area contributed by atoms with Gasteiger partial charge in [0.25, 0.3) is 0 Å². The maximum Gasteiger partial charge on any atom is 0.224 e. The summed E-state index contributed by atoms with van der Waals surface area (Å²) in [6, 6.07) is 3.31. The summed E-state index contributed by atoms with van der Waals surface area (Å²) in [5, 5.41) is 24.4. The minimum atomic E-state index is -1.51. The molecule has 6 heteroatoms. The molecule has 124 valence electrons. The number of carboxylic acid groups (broad SMARTS) is 2. The van der Waals surface area contributed by atoms with E-state index in [0.29, 0.717) is 12.3 Å². The number of carbonyl (C=O) groups excluding carboxylic acids is 3. The van der Waals surface area contributed by atoms with Gasteiger partial charge in [-0.25, -0.2) is 0 Å². The Kier molecular flexibility index (Phi) is 5.73. The molecule has 0 bridgehead atoms. The fourth-order valence-corrected chi connectivity index (χ4v) is 2.97. The third-order valence-corrected chi connectivity index (χ3v) is 4.19. The van der Waals surface area contributed by atoms with Gasteiger partial charge in [0.15, 0.2) is 0 Å². The zero-order valence-electron chi connectivity index (χ0n) is 12.8. The molecule has 0 atom stereocenters. The van der Waals surface area contributed by atoms with Crippen molar-refractivity contribution in [1.82, 2.24) is 0 Å². The van der Waals surface area contributed by atoms with Crippen molar-refractivity contribution in [1.29, 1.82) is 0 Å². The number of hydrogen-bond acceptors (Lipinski definition) is 5. The lowest BCUT2D eigenvalue weighted by molar-refractivity contribution is -0.255. The van der Waals surface area contributed by atoms with Crippen LogP contribution in [0.1, 0.15) is 65.7 Å². The van der Waals surface area contributed by atoms with Gasteiger partial charge in [0.2, 0.25) is 5.91 Å². The van der Waals surface area contributed by atoms with Crippen molar-refractivity contribution in [3.8, 4) is 0 Å². The molecule has 2 rings (SSSR count). The van der Waals surface area contributed by atoms with Gasteiger partial charge in [-0.15, -0.1) is 0 Å². The van der Waals surface area contributed by atoms with E-state index in [1.807, 2.05) is 0 Å². The maximum absolute atomic E-state index is 12.0. The standard InChI is InChI=1S/C17H21NO5/c19-15(7-6-11-4-2-1-3-5-11)18-14-9-12(16(20)21)8-13(10-14)17(22)23/h8-11H,1-7H2,(H,18,19)(H,20,21)(H,22,23)/p-2. The molecule has 0 unspecified atom stereocenters. The first-order valence-corrected chi connectivity index (χ1v) is 7.83. The highest BCUT2D eigenvalue weighted by atomic mass is 16.4. The lowest BCUT2D eigenvalue weighted by atomic mass is 9.86. The molecule has 0 spiro atoms. The minimum absolute atomic E-state index is 0.125. The van der Waals surface area contributed by atoms with E-state index in [1.54, 1.807) is 0 Å². The van der Waals surface area contributed by atoms with E-state index in [1.165, 1.54) is 31.4 Å². The first kappa shape index (κ1) is 17.0. The SMILES string of the molecule is O=C(CCC1CCCCC1)Nc1cc(C(=O)[O-])cc(C(=O)[O-])c1. The van der Waals surface area contributed by atoms with Gasteiger partial charge < -0.3 is 25.1 Å². The molecule has 1 aromatic rings. The molecule has 6 nitrogen and oxygen atoms in total. The van der Waals surface area contributed by atoms with Gasteiger partial charge in [-0.3, -0.25) is 4.79 Å². The molecule has 1 fully saturated rings. The summed E-state index contributed by atoms with van der Waals surface area (Å²) in [5.41, 5.74) is -0.497. The van der Waals surface area contributed by atoms with Gasteiger partial charge in [-0.05, 0) is 41.7 Å². The van der Waals surface area contributed by atoms with Gasteiger partial charge >= 0.3 is 0 Å². The lowest BCUT2D eigenvalue weighted by Gasteiger charge is -2.21. The van der Waals surface area contributed by atoms with Crippen molar-refractivity contribution in [3.05, 3.63) is 29.3 Å². The van der Waals surface area contributed by atoms with Crippen LogP contribution in [0, 0.1) is 5.92 Å². The average molecular weight is 317 g/mol. The topological polar surface area (TPSA) is 109 Å². The van der Waals surface area contributed by atoms with Crippen molar-refractivity contribution in [2.75, 3.05) is 5.32 Å². The first-order chi connectivity index (χ1) is 11.0. The Morgan fingerprint density at radius 3 is 2.04 bits per heavy atom. The molecule has 0 saturated heterocycles. The minimum Gasteiger partial charge on any atom is -0.545 e. The molecule has 1 amide bonds. The largest absolute Gasteiger partial charge is 0.545 e. The fourth-order valence-electron chi connectivity index (χ4n) is 2.97. The summed E-state index contributed by atoms with van der Waals surface area (Å²) in [7, 11) is 0. The fraction of sp³-hybridized carbons (Fsp3) is 0.471. The Bertz CT molecular complexity index is 573. The smallest absolute Gasteiger partial charge is 0.224 e. The third-order valence-electron chi connectivity index (χ3n) is 4.19. The highest BCUT2D eigenvalue weighted by Crippen LogP contribution is 2.27. The second kappa shape index (κ2) is 7.76. The van der Waals surface area contributed by atoms with Crippen LogP contribution in [-0.4, -0.2) is 17.8 Å². The molecule has 1 aromatic carbocycles. The van der Waals surface area contributed by atoms with Crippen LogP contribution in [0.4, 0.5) is 5.69 Å². The molecule has 0 aromatic heterocycles. The summed E-state index contributed by atoms with van der Waals surface area (Å²) in [6.07, 6.45) is 7.07. The van der Waals surface area contributed by atoms with Crippen LogP contribution in [0.2, 0.25) is 0 Å². The second-order valence-corrected chi connectivity index (χ2v) is 5.96. The third kappa shape index (κ3) is 5.09. The molecule has 0 heterocycles. The summed E-state index contributed by atoms with van der Waals surface area (Å²) in [6.45, 7) is 0. The van der Waals surface area contributed by atoms with Crippen LogP contribution in [0.15, 0.2) is 18.2 Å². The molecule has 1 aliphatic rings. The highest BCUT2D eigenvalue weighted by molar-refractivity contribution is 5.97. The van der Waals surface area contributed by atoms with Gasteiger partial charge in [0.1, 0.15) is 0 Å². The van der Waals surface area contributed by atoms with Gasteiger partial charge in [-0.1, -0.05) is 32.1 Å². The number of carboxylic acids is 2. The van der Waals surface area contributed by atoms with Crippen LogP contribution in [0.5, 0.6) is 0 Å². The quantitative estimate of drug-likeness (QED) is 0.831. The molecule has 1 aliphatic carbocycles. The highest BCUT2D eigenvalue weighted by Gasteiger charge is 2.15. The van der Waals surface area contributed by atoms with Crippen LogP contribution in [0.25, 0.3) is 0 Å². The molecular formula is C17H19NO5-2. The van der Waals surface area contributed by atoms with E-state index < -0.39 is 11.9 Å². The summed E-state index contributed by atoms with van der Waals surface area (Å²) < 4.78 is 0. The van der Waals surface area contributed by atoms with Crippen LogP contribution in [-0.2, 0) is 4.79 Å². The van der Waals surface area contributed by atoms with Gasteiger partial charge in [0, 0.05) is 12.1 Å². The molecule has 0 radical (unpaired) electrons. The molecule has 1 saturated carbocycles. The normalized spacial score (nSPS) is 15.1. The Morgan fingerprint density at radius 1 is 0.957 bits per heavy atom. The zero-order chi connectivity index (χ0) is 16.8. The summed E-state index contributed by atoms with van der Waals surface area (Å²) >= 11 is 0. The second-order valence-electron chi connectivity index (χ2n) is 5.96. The monoisotopic (exact) mass is 317 g/mol. The number of anilines is 1. The number of nitrogens with one attached hydrogen (secondary N) is 1. The van der Waals surface area contributed by atoms with Crippen LogP contribution in [0.3, 0.4) is 0 Å². The Hall–Kier alpha value is -2.37. The van der Waals surface area contributed by atoms with Crippen molar-refractivity contribution in [2.24, 2.45) is 5.92 Å². The number of aromatic carboxylic acids is 2. The van der Waals surface area contributed by atoms with E-state index in [0.717, 1.165) is 25.3 Å². The van der Waals surface area contributed by atoms with Crippen molar-refractivity contribution in [2.45, 2.75) is 44.9 Å². The van der Waals surface area contributed by atoms with E-state index >= 15 is 0 Å². The molecule has 0 aliphatic heterocycles. The zero-order valence-corrected chi connectivity index (χ0v) is 12.8. The van der Waals surface area contributed by atoms with Gasteiger partial charge in [0.05, 0.1) is 11.9 Å². The molecular weight excluding hydrogens is 298 g/mol. The van der Waals surface area contributed by atoms with Crippen molar-refractivity contribution in [3.63, 3.8) is 0 Å². The number of carbonyl (C=O) groups is 3. The van der Waals surface area contributed by atoms with Crippen LogP contribution < -0.4 is 15.5 Å². The lowest BCUT2D eigenvalue weighted by Crippen LogP contribution is -2.26. The number of rotatable bonds is 6. The number of amides is 1. The van der Waals surface area contributed by atoms with Crippen molar-refractivity contribution >= 4 is 23.5 Å². The summed E-state index contributed by atoms with van der Waals surface area (Å²) in [5.74, 6) is -2.71. The molecule has 23 heavy (non-hydrogen) atoms. The van der Waals surface area contributed by atoms with E-state index in [-0.39, 0.29) is 22.7 Å². The Balaban J connectivity index is 1.98. The Morgan fingerprint density at radius 2 is 1.52 bits per heavy atom. The number of benzene rings is 1. The number of hydrogen-bond donors (Lipinski definition) is 1. The van der Waals surface area contributed by atoms with Crippen molar-refractivity contribution < 1.29 is 24.6 Å². The average Bonchev–Trinajstić information content (AvgIpc) is 2.53. The van der Waals surface area contributed by atoms with E-state index in [4.69, 9.17) is 0 Å². The van der Waals surface area contributed by atoms with E-state index in [9.17, 15) is 24.6 Å². The maximum atomic E-state index is 12.0. The van der Waals surface area contributed by atoms with Gasteiger partial charge in [-0.2, -0.15) is 0 Å². The Labute approximate surface area is 134 Å². The van der Waals surface area contributed by atoms with Crippen LogP contribution >= 0.6 is 0 Å². The first-order valence-electron chi connectivity index (χ1n) is 7.83. The summed E-state index contributed by atoms with van der Waals surface area (Å²) in [4.78, 5) is 33.8. The predicted octanol–water partition coefficient (Wildman–Crippen LogP) is 0.713. The predicted molar refractivity (Wildman–Crippen MR) is 79.5 cm³/mol. The molecule has 1 N–H and O–H groups in total. The van der Waals surface area contributed by atoms with E-state index in [2.05, 4.69) is 5.32 Å².